The fraction of sp³-hybridized carbons (Fsp3) is 1.00. The van der Waals surface area contributed by atoms with Crippen LogP contribution >= 0.6 is 0 Å². The van der Waals surface area contributed by atoms with Gasteiger partial charge < -0.3 is 5.11 Å². The van der Waals surface area contributed by atoms with Gasteiger partial charge in [-0.3, -0.25) is 0 Å². The summed E-state index contributed by atoms with van der Waals surface area (Å²) in [6, 6.07) is 0. The van der Waals surface area contributed by atoms with Crippen LogP contribution in [0.5, 0.6) is 0 Å². The van der Waals surface area contributed by atoms with Gasteiger partial charge in [0.1, 0.15) is 0 Å². The molecule has 0 rings (SSSR count). The van der Waals surface area contributed by atoms with Crippen molar-refractivity contribution in [1.29, 1.82) is 0 Å². The molecule has 0 aromatic carbocycles. The molecule has 0 aliphatic rings. The number of sulfonamides is 1. The fourth-order valence-electron chi connectivity index (χ4n) is 1.34. The molecular formula is C10H23NO3S. The average Bonchev–Trinajstić information content (AvgIpc) is 2.13. The van der Waals surface area contributed by atoms with Gasteiger partial charge in [-0.15, -0.1) is 0 Å². The average molecular weight is 237 g/mol. The van der Waals surface area contributed by atoms with Crippen LogP contribution in [-0.4, -0.2) is 32.4 Å². The van der Waals surface area contributed by atoms with Crippen LogP contribution in [0.2, 0.25) is 0 Å². The summed E-state index contributed by atoms with van der Waals surface area (Å²) in [5.74, 6) is 0.345. The lowest BCUT2D eigenvalue weighted by Crippen LogP contribution is -2.33. The molecule has 4 nitrogen and oxygen atoms in total. The standard InChI is InChI=1S/C10H23NO3S/c1-4-5-9(2)8-15(13,14)11-6-10(3)7-12/h9-12H,4-8H2,1-3H3. The van der Waals surface area contributed by atoms with Crippen molar-refractivity contribution in [2.75, 3.05) is 18.9 Å². The molecule has 92 valence electrons. The minimum Gasteiger partial charge on any atom is -0.396 e. The molecule has 0 fully saturated rings. The third kappa shape index (κ3) is 7.76. The summed E-state index contributed by atoms with van der Waals surface area (Å²) >= 11 is 0. The summed E-state index contributed by atoms with van der Waals surface area (Å²) in [6.45, 7) is 6.12. The Hall–Kier alpha value is -0.130. The fourth-order valence-corrected chi connectivity index (χ4v) is 2.92. The molecular weight excluding hydrogens is 214 g/mol. The molecule has 0 aromatic rings. The molecule has 2 unspecified atom stereocenters. The van der Waals surface area contributed by atoms with E-state index in [4.69, 9.17) is 5.11 Å². The highest BCUT2D eigenvalue weighted by Gasteiger charge is 2.15. The Bertz CT molecular complexity index is 251. The summed E-state index contributed by atoms with van der Waals surface area (Å²) in [4.78, 5) is 0. The van der Waals surface area contributed by atoms with E-state index in [0.29, 0.717) is 6.54 Å². The summed E-state index contributed by atoms with van der Waals surface area (Å²) in [5, 5.41) is 8.76. The Morgan fingerprint density at radius 1 is 1.27 bits per heavy atom. The lowest BCUT2D eigenvalue weighted by molar-refractivity contribution is 0.238. The number of aliphatic hydroxyl groups is 1. The Kier molecular flexibility index (Phi) is 7.13. The highest BCUT2D eigenvalue weighted by Crippen LogP contribution is 2.07. The Morgan fingerprint density at radius 2 is 1.87 bits per heavy atom. The first-order chi connectivity index (χ1) is 6.91. The quantitative estimate of drug-likeness (QED) is 0.661. The second-order valence-electron chi connectivity index (χ2n) is 4.31. The van der Waals surface area contributed by atoms with Gasteiger partial charge in [0.2, 0.25) is 10.0 Å². The number of hydrogen-bond acceptors (Lipinski definition) is 3. The SMILES string of the molecule is CCCC(C)CS(=O)(=O)NCC(C)CO. The number of nitrogens with one attached hydrogen (secondary N) is 1. The van der Waals surface area contributed by atoms with Crippen molar-refractivity contribution in [3.8, 4) is 0 Å². The monoisotopic (exact) mass is 237 g/mol. The van der Waals surface area contributed by atoms with E-state index in [0.717, 1.165) is 12.8 Å². The van der Waals surface area contributed by atoms with E-state index in [1.54, 1.807) is 6.92 Å². The summed E-state index contributed by atoms with van der Waals surface area (Å²) in [7, 11) is -3.17. The maximum absolute atomic E-state index is 11.5. The smallest absolute Gasteiger partial charge is 0.211 e. The number of aliphatic hydroxyl groups excluding tert-OH is 1. The van der Waals surface area contributed by atoms with Crippen LogP contribution in [0, 0.1) is 11.8 Å². The highest BCUT2D eigenvalue weighted by atomic mass is 32.2. The summed E-state index contributed by atoms with van der Waals surface area (Å²) in [5.41, 5.74) is 0. The van der Waals surface area contributed by atoms with Gasteiger partial charge in [0, 0.05) is 13.2 Å². The second-order valence-corrected chi connectivity index (χ2v) is 6.16. The van der Waals surface area contributed by atoms with Gasteiger partial charge in [0.05, 0.1) is 5.75 Å². The lowest BCUT2D eigenvalue weighted by atomic mass is 10.1. The van der Waals surface area contributed by atoms with Crippen molar-refractivity contribution in [3.05, 3.63) is 0 Å². The van der Waals surface area contributed by atoms with E-state index in [1.165, 1.54) is 0 Å². The molecule has 5 heteroatoms. The first-order valence-corrected chi connectivity index (χ1v) is 7.14. The largest absolute Gasteiger partial charge is 0.396 e. The molecule has 0 aromatic heterocycles. The van der Waals surface area contributed by atoms with Gasteiger partial charge in [-0.25, -0.2) is 13.1 Å². The number of rotatable bonds is 8. The molecule has 0 bridgehead atoms. The molecule has 0 saturated carbocycles. The van der Waals surface area contributed by atoms with E-state index < -0.39 is 10.0 Å². The highest BCUT2D eigenvalue weighted by molar-refractivity contribution is 7.89. The molecule has 0 radical (unpaired) electrons. The predicted molar refractivity (Wildman–Crippen MR) is 62.1 cm³/mol. The molecule has 0 aliphatic heterocycles. The van der Waals surface area contributed by atoms with E-state index in [2.05, 4.69) is 4.72 Å². The zero-order valence-electron chi connectivity index (χ0n) is 9.86. The first kappa shape index (κ1) is 14.9. The number of hydrogen-bond donors (Lipinski definition) is 2. The van der Waals surface area contributed by atoms with E-state index in [1.807, 2.05) is 13.8 Å². The minimum atomic E-state index is -3.17. The molecule has 0 amide bonds. The Morgan fingerprint density at radius 3 is 2.33 bits per heavy atom. The van der Waals surface area contributed by atoms with E-state index >= 15 is 0 Å². The van der Waals surface area contributed by atoms with Crippen LogP contribution in [0.25, 0.3) is 0 Å². The van der Waals surface area contributed by atoms with Gasteiger partial charge in [-0.1, -0.05) is 27.2 Å². The van der Waals surface area contributed by atoms with Gasteiger partial charge in [-0.2, -0.15) is 0 Å². The van der Waals surface area contributed by atoms with Gasteiger partial charge in [0.15, 0.2) is 0 Å². The second kappa shape index (κ2) is 7.19. The van der Waals surface area contributed by atoms with Crippen molar-refractivity contribution >= 4 is 10.0 Å². The van der Waals surface area contributed by atoms with Gasteiger partial charge >= 0.3 is 0 Å². The maximum Gasteiger partial charge on any atom is 0.211 e. The third-order valence-electron chi connectivity index (χ3n) is 2.25. The first-order valence-electron chi connectivity index (χ1n) is 5.49. The third-order valence-corrected chi connectivity index (χ3v) is 3.86. The van der Waals surface area contributed by atoms with Gasteiger partial charge in [0.25, 0.3) is 0 Å². The van der Waals surface area contributed by atoms with Crippen molar-refractivity contribution < 1.29 is 13.5 Å². The Labute approximate surface area is 93.1 Å². The van der Waals surface area contributed by atoms with Crippen molar-refractivity contribution in [3.63, 3.8) is 0 Å². The zero-order chi connectivity index (χ0) is 11.9. The van der Waals surface area contributed by atoms with Crippen LogP contribution in [0.3, 0.4) is 0 Å². The van der Waals surface area contributed by atoms with Crippen molar-refractivity contribution in [2.24, 2.45) is 11.8 Å². The van der Waals surface area contributed by atoms with E-state index in [-0.39, 0.29) is 24.2 Å². The molecule has 2 N–H and O–H groups in total. The van der Waals surface area contributed by atoms with Crippen LogP contribution < -0.4 is 4.72 Å². The minimum absolute atomic E-state index is 0.00698. The van der Waals surface area contributed by atoms with Crippen LogP contribution in [-0.2, 0) is 10.0 Å². The van der Waals surface area contributed by atoms with E-state index in [9.17, 15) is 8.42 Å². The Balaban J connectivity index is 3.97. The molecule has 0 spiro atoms. The van der Waals surface area contributed by atoms with Crippen molar-refractivity contribution in [2.45, 2.75) is 33.6 Å². The van der Waals surface area contributed by atoms with Crippen LogP contribution in [0.1, 0.15) is 33.6 Å². The van der Waals surface area contributed by atoms with Crippen LogP contribution in [0.4, 0.5) is 0 Å². The lowest BCUT2D eigenvalue weighted by Gasteiger charge is -2.13. The zero-order valence-corrected chi connectivity index (χ0v) is 10.7. The normalized spacial score (nSPS) is 16.3. The summed E-state index contributed by atoms with van der Waals surface area (Å²) in [6.07, 6.45) is 1.93. The van der Waals surface area contributed by atoms with Crippen LogP contribution in [0.15, 0.2) is 0 Å². The molecule has 0 saturated heterocycles. The summed E-state index contributed by atoms with van der Waals surface area (Å²) < 4.78 is 25.6. The maximum atomic E-state index is 11.5. The molecule has 0 aliphatic carbocycles. The molecule has 0 heterocycles. The molecule has 2 atom stereocenters. The predicted octanol–water partition coefficient (Wildman–Crippen LogP) is 0.970. The molecule has 15 heavy (non-hydrogen) atoms. The van der Waals surface area contributed by atoms with Gasteiger partial charge in [-0.05, 0) is 18.3 Å². The topological polar surface area (TPSA) is 66.4 Å². The van der Waals surface area contributed by atoms with Crippen molar-refractivity contribution in [1.82, 2.24) is 4.72 Å².